The third kappa shape index (κ3) is 5.25. The maximum absolute atomic E-state index is 12.8. The summed E-state index contributed by atoms with van der Waals surface area (Å²) in [4.78, 5) is 16.6. The summed E-state index contributed by atoms with van der Waals surface area (Å²) in [6.45, 7) is -0.00124. The highest BCUT2D eigenvalue weighted by atomic mass is 35.6. The van der Waals surface area contributed by atoms with E-state index in [1.807, 2.05) is 0 Å². The van der Waals surface area contributed by atoms with E-state index >= 15 is 0 Å². The molecule has 0 unspecified atom stereocenters. The van der Waals surface area contributed by atoms with Gasteiger partial charge in [0.25, 0.3) is 3.79 Å². The average molecular weight is 484 g/mol. The minimum atomic E-state index is -4.44. The highest BCUT2D eigenvalue weighted by Gasteiger charge is 2.34. The Labute approximate surface area is 182 Å². The van der Waals surface area contributed by atoms with Crippen molar-refractivity contribution in [3.63, 3.8) is 0 Å². The summed E-state index contributed by atoms with van der Waals surface area (Å²) >= 11 is 18.2. The van der Waals surface area contributed by atoms with E-state index < -0.39 is 21.3 Å². The quantitative estimate of drug-likeness (QED) is 0.316. The van der Waals surface area contributed by atoms with Crippen molar-refractivity contribution < 1.29 is 22.7 Å². The first-order chi connectivity index (χ1) is 13.4. The van der Waals surface area contributed by atoms with Crippen molar-refractivity contribution in [1.29, 1.82) is 0 Å². The van der Waals surface area contributed by atoms with Gasteiger partial charge in [0, 0.05) is 24.2 Å². The molecule has 3 aromatic rings. The second-order valence-electron chi connectivity index (χ2n) is 5.99. The van der Waals surface area contributed by atoms with Crippen molar-refractivity contribution in [2.45, 2.75) is 16.6 Å². The van der Waals surface area contributed by atoms with Crippen molar-refractivity contribution >= 4 is 51.9 Å². The van der Waals surface area contributed by atoms with Gasteiger partial charge in [-0.15, -0.1) is 11.3 Å². The van der Waals surface area contributed by atoms with E-state index in [2.05, 4.69) is 4.98 Å². The first-order valence-electron chi connectivity index (χ1n) is 7.98. The first-order valence-corrected chi connectivity index (χ1v) is 9.99. The zero-order chi connectivity index (χ0) is 21.4. The van der Waals surface area contributed by atoms with Crippen LogP contribution < -0.4 is 4.74 Å². The number of hydrogen-bond donors (Lipinski definition) is 0. The van der Waals surface area contributed by atoms with Gasteiger partial charge < -0.3 is 9.30 Å². The highest BCUT2D eigenvalue weighted by molar-refractivity contribution is 7.09. The largest absolute Gasteiger partial charge is 0.486 e. The fourth-order valence-corrected chi connectivity index (χ4v) is 3.50. The van der Waals surface area contributed by atoms with Gasteiger partial charge in [0.2, 0.25) is 5.78 Å². The van der Waals surface area contributed by atoms with Crippen molar-refractivity contribution in [1.82, 2.24) is 9.55 Å². The molecule has 0 aliphatic rings. The monoisotopic (exact) mass is 482 g/mol. The SMILES string of the molecule is Cn1cc(-c2csc(COc3cccc(C(F)(F)F)c3)n2)cc1C(=O)C(Cl)(Cl)Cl. The van der Waals surface area contributed by atoms with Crippen LogP contribution in [0.3, 0.4) is 0 Å². The normalized spacial score (nSPS) is 12.2. The number of carbonyl (C=O) groups excluding carboxylic acids is 1. The van der Waals surface area contributed by atoms with E-state index in [1.54, 1.807) is 24.7 Å². The summed E-state index contributed by atoms with van der Waals surface area (Å²) < 4.78 is 43.2. The van der Waals surface area contributed by atoms with E-state index in [1.165, 1.54) is 28.0 Å². The molecule has 2 aromatic heterocycles. The standard InChI is InChI=1S/C18H12Cl3F3N2O2S/c1-26-7-10(5-14(26)16(27)17(19,20)21)13-9-29-15(25-13)8-28-12-4-2-3-11(6-12)18(22,23)24/h2-7,9H,8H2,1H3. The van der Waals surface area contributed by atoms with Crippen LogP contribution in [0, 0.1) is 0 Å². The molecule has 0 bridgehead atoms. The molecule has 2 heterocycles. The maximum Gasteiger partial charge on any atom is 0.416 e. The Hall–Kier alpha value is -1.74. The number of hydrogen-bond acceptors (Lipinski definition) is 4. The molecule has 0 aliphatic heterocycles. The van der Waals surface area contributed by atoms with E-state index in [0.29, 0.717) is 16.3 Å². The number of ether oxygens (including phenoxy) is 1. The minimum absolute atomic E-state index is 0.00124. The molecule has 0 atom stereocenters. The van der Waals surface area contributed by atoms with Gasteiger partial charge in [0.15, 0.2) is 0 Å². The Kier molecular flexibility index (Phi) is 6.19. The topological polar surface area (TPSA) is 44.1 Å². The lowest BCUT2D eigenvalue weighted by Crippen LogP contribution is -2.21. The van der Waals surface area contributed by atoms with Crippen LogP contribution >= 0.6 is 46.1 Å². The molecule has 0 spiro atoms. The number of halogens is 6. The molecule has 4 nitrogen and oxygen atoms in total. The predicted molar refractivity (Wildman–Crippen MR) is 107 cm³/mol. The van der Waals surface area contributed by atoms with Gasteiger partial charge in [-0.3, -0.25) is 4.79 Å². The van der Waals surface area contributed by atoms with Gasteiger partial charge in [-0.1, -0.05) is 40.9 Å². The van der Waals surface area contributed by atoms with Crippen LogP contribution in [-0.4, -0.2) is 19.1 Å². The van der Waals surface area contributed by atoms with Crippen molar-refractivity contribution in [2.24, 2.45) is 7.05 Å². The number of nitrogens with zero attached hydrogens (tertiary/aromatic N) is 2. The van der Waals surface area contributed by atoms with Crippen molar-refractivity contribution in [2.75, 3.05) is 0 Å². The summed E-state index contributed by atoms with van der Waals surface area (Å²) in [6, 6.07) is 6.17. The third-order valence-corrected chi connectivity index (χ3v) is 5.20. The predicted octanol–water partition coefficient (Wildman–Crippen LogP) is 6.30. The van der Waals surface area contributed by atoms with Crippen LogP contribution in [0.1, 0.15) is 21.1 Å². The molecule has 0 saturated carbocycles. The smallest absolute Gasteiger partial charge is 0.416 e. The van der Waals surface area contributed by atoms with Crippen LogP contribution in [0.4, 0.5) is 13.2 Å². The van der Waals surface area contributed by atoms with E-state index in [9.17, 15) is 18.0 Å². The third-order valence-electron chi connectivity index (χ3n) is 3.87. The summed E-state index contributed by atoms with van der Waals surface area (Å²) in [7, 11) is 1.64. The fourth-order valence-electron chi connectivity index (χ4n) is 2.49. The van der Waals surface area contributed by atoms with Gasteiger partial charge >= 0.3 is 6.18 Å². The van der Waals surface area contributed by atoms with Gasteiger partial charge in [0.1, 0.15) is 17.4 Å². The second-order valence-corrected chi connectivity index (χ2v) is 9.22. The lowest BCUT2D eigenvalue weighted by atomic mass is 10.2. The van der Waals surface area contributed by atoms with E-state index in [-0.39, 0.29) is 18.1 Å². The number of ketones is 1. The minimum Gasteiger partial charge on any atom is -0.486 e. The van der Waals surface area contributed by atoms with E-state index in [4.69, 9.17) is 39.5 Å². The number of benzene rings is 1. The van der Waals surface area contributed by atoms with Crippen LogP contribution in [-0.2, 0) is 19.8 Å². The maximum atomic E-state index is 12.8. The second kappa shape index (κ2) is 8.18. The molecule has 0 fully saturated rings. The molecule has 0 N–H and O–H groups in total. The average Bonchev–Trinajstić information content (AvgIpc) is 3.24. The highest BCUT2D eigenvalue weighted by Crippen LogP contribution is 2.33. The lowest BCUT2D eigenvalue weighted by Gasteiger charge is -2.09. The molecule has 0 amide bonds. The number of aromatic nitrogens is 2. The lowest BCUT2D eigenvalue weighted by molar-refractivity contribution is -0.137. The molecular formula is C18H12Cl3F3N2O2S. The Morgan fingerprint density at radius 3 is 2.62 bits per heavy atom. The van der Waals surface area contributed by atoms with Gasteiger partial charge in [-0.25, -0.2) is 4.98 Å². The zero-order valence-electron chi connectivity index (χ0n) is 14.6. The Balaban J connectivity index is 1.73. The van der Waals surface area contributed by atoms with Crippen LogP contribution in [0.15, 0.2) is 41.9 Å². The number of Topliss-reactive ketones (excluding diaryl/α,β-unsaturated/α-hetero) is 1. The zero-order valence-corrected chi connectivity index (χ0v) is 17.7. The summed E-state index contributed by atoms with van der Waals surface area (Å²) in [5, 5.41) is 2.29. The van der Waals surface area contributed by atoms with Crippen LogP contribution in [0.5, 0.6) is 5.75 Å². The molecule has 3 rings (SSSR count). The molecular weight excluding hydrogens is 472 g/mol. The molecule has 154 valence electrons. The Morgan fingerprint density at radius 2 is 1.97 bits per heavy atom. The molecule has 0 radical (unpaired) electrons. The molecule has 11 heteroatoms. The summed E-state index contributed by atoms with van der Waals surface area (Å²) in [5.74, 6) is -0.577. The van der Waals surface area contributed by atoms with Crippen molar-refractivity contribution in [3.05, 3.63) is 58.2 Å². The number of thiazole rings is 1. The van der Waals surface area contributed by atoms with Gasteiger partial charge in [0.05, 0.1) is 17.0 Å². The molecule has 1 aromatic carbocycles. The first kappa shape index (κ1) is 22.0. The number of aryl methyl sites for hydroxylation is 1. The molecule has 29 heavy (non-hydrogen) atoms. The number of rotatable bonds is 5. The van der Waals surface area contributed by atoms with Crippen molar-refractivity contribution in [3.8, 4) is 17.0 Å². The van der Waals surface area contributed by atoms with Crippen LogP contribution in [0.2, 0.25) is 0 Å². The number of carbonyl (C=O) groups is 1. The van der Waals surface area contributed by atoms with E-state index in [0.717, 1.165) is 12.1 Å². The van der Waals surface area contributed by atoms with Crippen LogP contribution in [0.25, 0.3) is 11.3 Å². The number of alkyl halides is 6. The molecule has 0 saturated heterocycles. The van der Waals surface area contributed by atoms with Gasteiger partial charge in [-0.2, -0.15) is 13.2 Å². The molecule has 0 aliphatic carbocycles. The Bertz CT molecular complexity index is 1040. The summed E-state index contributed by atoms with van der Waals surface area (Å²) in [6.07, 6.45) is -2.78. The van der Waals surface area contributed by atoms with Gasteiger partial charge in [-0.05, 0) is 24.3 Å². The summed E-state index contributed by atoms with van der Waals surface area (Å²) in [5.41, 5.74) is 0.614. The fraction of sp³-hybridized carbons (Fsp3) is 0.222. The Morgan fingerprint density at radius 1 is 1.24 bits per heavy atom.